The Bertz CT molecular complexity index is 1400. The van der Waals surface area contributed by atoms with Gasteiger partial charge in [0.15, 0.2) is 16.1 Å². The third kappa shape index (κ3) is 4.49. The fourth-order valence-corrected chi connectivity index (χ4v) is 4.51. The molecule has 170 valence electrons. The Hall–Kier alpha value is -3.24. The summed E-state index contributed by atoms with van der Waals surface area (Å²) in [5, 5.41) is 9.40. The molecule has 1 N–H and O–H groups in total. The number of nitrogens with one attached hydrogen (secondary N) is 1. The normalized spacial score (nSPS) is 11.2. The first-order valence-electron chi connectivity index (χ1n) is 10.2. The van der Waals surface area contributed by atoms with E-state index in [2.05, 4.69) is 40.2 Å². The van der Waals surface area contributed by atoms with E-state index >= 15 is 0 Å². The van der Waals surface area contributed by atoms with Crippen LogP contribution in [-0.2, 0) is 4.74 Å². The summed E-state index contributed by atoms with van der Waals surface area (Å²) in [6.45, 7) is 5.99. The lowest BCUT2D eigenvalue weighted by molar-refractivity contribution is 0.0520. The second-order valence-electron chi connectivity index (χ2n) is 7.44. The zero-order valence-corrected chi connectivity index (χ0v) is 20.5. The molecule has 0 aliphatic heterocycles. The number of fused-ring (bicyclic) bond motifs is 1. The summed E-state index contributed by atoms with van der Waals surface area (Å²) in [6, 6.07) is 10.5. The minimum atomic E-state index is -0.652. The van der Waals surface area contributed by atoms with Crippen molar-refractivity contribution in [2.45, 2.75) is 26.7 Å². The van der Waals surface area contributed by atoms with E-state index in [4.69, 9.17) is 9.15 Å². The van der Waals surface area contributed by atoms with Gasteiger partial charge in [-0.05, 0) is 58.6 Å². The van der Waals surface area contributed by atoms with Crippen LogP contribution in [0.3, 0.4) is 0 Å². The average Bonchev–Trinajstić information content (AvgIpc) is 3.41. The number of nitrogens with zero attached hydrogens (tertiary/aromatic N) is 2. The van der Waals surface area contributed by atoms with Crippen LogP contribution in [0.4, 0.5) is 5.00 Å². The van der Waals surface area contributed by atoms with Crippen molar-refractivity contribution >= 4 is 54.9 Å². The molecule has 33 heavy (non-hydrogen) atoms. The molecule has 1 amide bonds. The molecule has 4 rings (SSSR count). The van der Waals surface area contributed by atoms with Gasteiger partial charge >= 0.3 is 5.97 Å². The van der Waals surface area contributed by atoms with Crippen LogP contribution in [0.25, 0.3) is 16.5 Å². The Morgan fingerprint density at radius 2 is 1.94 bits per heavy atom. The van der Waals surface area contributed by atoms with E-state index in [1.807, 2.05) is 12.1 Å². The summed E-state index contributed by atoms with van der Waals surface area (Å²) in [7, 11) is 0. The number of aromatic nitrogens is 2. The summed E-state index contributed by atoms with van der Waals surface area (Å²) in [4.78, 5) is 38.7. The number of esters is 1. The van der Waals surface area contributed by atoms with Crippen molar-refractivity contribution in [1.82, 2.24) is 9.78 Å². The molecule has 3 aromatic heterocycles. The molecule has 0 unspecified atom stereocenters. The molecule has 0 saturated heterocycles. The predicted molar refractivity (Wildman–Crippen MR) is 130 cm³/mol. The van der Waals surface area contributed by atoms with E-state index < -0.39 is 17.4 Å². The van der Waals surface area contributed by atoms with Gasteiger partial charge in [0.05, 0.1) is 17.7 Å². The molecule has 8 nitrogen and oxygen atoms in total. The smallest absolute Gasteiger partial charge is 0.359 e. The number of hydrogen-bond acceptors (Lipinski definition) is 7. The number of anilines is 1. The van der Waals surface area contributed by atoms with Crippen molar-refractivity contribution in [3.05, 3.63) is 73.8 Å². The molecule has 1 aromatic carbocycles. The van der Waals surface area contributed by atoms with Crippen molar-refractivity contribution < 1.29 is 18.7 Å². The van der Waals surface area contributed by atoms with Crippen molar-refractivity contribution in [1.29, 1.82) is 0 Å². The summed E-state index contributed by atoms with van der Waals surface area (Å²) < 4.78 is 12.0. The van der Waals surface area contributed by atoms with Gasteiger partial charge in [0.1, 0.15) is 5.00 Å². The molecular weight excluding hydrogens is 510 g/mol. The molecule has 0 saturated carbocycles. The molecule has 0 atom stereocenters. The first-order chi connectivity index (χ1) is 15.8. The second kappa shape index (κ2) is 9.32. The minimum Gasteiger partial charge on any atom is -0.461 e. The van der Waals surface area contributed by atoms with Gasteiger partial charge in [0.2, 0.25) is 0 Å². The highest BCUT2D eigenvalue weighted by Crippen LogP contribution is 2.31. The first kappa shape index (κ1) is 22.9. The molecule has 0 bridgehead atoms. The molecule has 0 spiro atoms. The third-order valence-electron chi connectivity index (χ3n) is 4.95. The number of halogens is 1. The zero-order valence-electron chi connectivity index (χ0n) is 18.0. The Morgan fingerprint density at radius 3 is 2.55 bits per heavy atom. The van der Waals surface area contributed by atoms with E-state index in [0.717, 1.165) is 21.6 Å². The standard InChI is InChI=1S/C23H20BrN3O5S/c1-4-31-23(30)19-15-11-33-21(25-20(28)16-9-10-17(24)32-16)18(15)22(29)27(26-19)14-7-5-13(6-8-14)12(2)3/h5-12H,4H2,1-3H3,(H,25,28). The van der Waals surface area contributed by atoms with Crippen LogP contribution in [0, 0.1) is 0 Å². The van der Waals surface area contributed by atoms with Crippen LogP contribution in [0.5, 0.6) is 0 Å². The van der Waals surface area contributed by atoms with Crippen LogP contribution in [-0.4, -0.2) is 28.3 Å². The molecule has 4 aromatic rings. The van der Waals surface area contributed by atoms with E-state index in [0.29, 0.717) is 21.7 Å². The lowest BCUT2D eigenvalue weighted by Gasteiger charge is -2.11. The highest BCUT2D eigenvalue weighted by Gasteiger charge is 2.24. The number of thiophene rings is 1. The molecular formula is C23H20BrN3O5S. The fourth-order valence-electron chi connectivity index (χ4n) is 3.27. The molecule has 10 heteroatoms. The maximum absolute atomic E-state index is 13.5. The third-order valence-corrected chi connectivity index (χ3v) is 6.27. The van der Waals surface area contributed by atoms with Gasteiger partial charge in [-0.2, -0.15) is 9.78 Å². The number of hydrogen-bond donors (Lipinski definition) is 1. The number of carbonyl (C=O) groups is 2. The summed E-state index contributed by atoms with van der Waals surface area (Å²) in [5.74, 6) is -0.777. The van der Waals surface area contributed by atoms with Crippen LogP contribution >= 0.6 is 27.3 Å². The van der Waals surface area contributed by atoms with Gasteiger partial charge in [0.25, 0.3) is 11.5 Å². The lowest BCUT2D eigenvalue weighted by Crippen LogP contribution is -2.25. The van der Waals surface area contributed by atoms with E-state index in [1.165, 1.54) is 6.07 Å². The Labute approximate surface area is 201 Å². The fraction of sp³-hybridized carbons (Fsp3) is 0.217. The number of benzene rings is 1. The quantitative estimate of drug-likeness (QED) is 0.337. The molecule has 0 radical (unpaired) electrons. The minimum absolute atomic E-state index is 0.00289. The Morgan fingerprint density at radius 1 is 1.21 bits per heavy atom. The first-order valence-corrected chi connectivity index (χ1v) is 11.9. The number of rotatable bonds is 6. The molecule has 0 aliphatic rings. The number of amides is 1. The molecule has 0 aliphatic carbocycles. The number of furan rings is 1. The van der Waals surface area contributed by atoms with Crippen LogP contribution in [0.1, 0.15) is 53.3 Å². The predicted octanol–water partition coefficient (Wildman–Crippen LogP) is 5.36. The highest BCUT2D eigenvalue weighted by molar-refractivity contribution is 9.10. The van der Waals surface area contributed by atoms with Crippen LogP contribution in [0.2, 0.25) is 0 Å². The van der Waals surface area contributed by atoms with E-state index in [9.17, 15) is 14.4 Å². The topological polar surface area (TPSA) is 103 Å². The van der Waals surface area contributed by atoms with Crippen molar-refractivity contribution in [3.8, 4) is 5.69 Å². The van der Waals surface area contributed by atoms with Crippen molar-refractivity contribution in [3.63, 3.8) is 0 Å². The average molecular weight is 530 g/mol. The Kier molecular flexibility index (Phi) is 6.48. The second-order valence-corrected chi connectivity index (χ2v) is 9.10. The van der Waals surface area contributed by atoms with Crippen LogP contribution in [0.15, 0.2) is 55.7 Å². The van der Waals surface area contributed by atoms with Crippen LogP contribution < -0.4 is 10.9 Å². The number of ether oxygens (including phenoxy) is 1. The van der Waals surface area contributed by atoms with Gasteiger partial charge in [-0.3, -0.25) is 9.59 Å². The lowest BCUT2D eigenvalue weighted by atomic mass is 10.0. The monoisotopic (exact) mass is 529 g/mol. The van der Waals surface area contributed by atoms with Gasteiger partial charge in [-0.1, -0.05) is 26.0 Å². The SMILES string of the molecule is CCOC(=O)c1nn(-c2ccc(C(C)C)cc2)c(=O)c2c(NC(=O)c3ccc(Br)o3)scc12. The van der Waals surface area contributed by atoms with Crippen molar-refractivity contribution in [2.24, 2.45) is 0 Å². The largest absolute Gasteiger partial charge is 0.461 e. The van der Waals surface area contributed by atoms with Gasteiger partial charge in [0, 0.05) is 10.8 Å². The Balaban J connectivity index is 1.87. The van der Waals surface area contributed by atoms with E-state index in [1.54, 1.807) is 30.5 Å². The van der Waals surface area contributed by atoms with E-state index in [-0.39, 0.29) is 28.4 Å². The van der Waals surface area contributed by atoms with Crippen molar-refractivity contribution in [2.75, 3.05) is 11.9 Å². The highest BCUT2D eigenvalue weighted by atomic mass is 79.9. The molecule has 3 heterocycles. The number of carbonyl (C=O) groups excluding carboxylic acids is 2. The summed E-state index contributed by atoms with van der Waals surface area (Å²) in [5.41, 5.74) is 1.13. The zero-order chi connectivity index (χ0) is 23.7. The summed E-state index contributed by atoms with van der Waals surface area (Å²) >= 11 is 4.28. The summed E-state index contributed by atoms with van der Waals surface area (Å²) in [6.07, 6.45) is 0. The maximum Gasteiger partial charge on any atom is 0.359 e. The maximum atomic E-state index is 13.5. The molecule has 0 fully saturated rings. The van der Waals surface area contributed by atoms with Gasteiger partial charge < -0.3 is 14.5 Å². The van der Waals surface area contributed by atoms with Gasteiger partial charge in [-0.15, -0.1) is 11.3 Å². The van der Waals surface area contributed by atoms with Gasteiger partial charge in [-0.25, -0.2) is 4.79 Å².